The van der Waals surface area contributed by atoms with Crippen LogP contribution in [0.4, 0.5) is 15.3 Å². The van der Waals surface area contributed by atoms with Gasteiger partial charge in [-0.05, 0) is 80.1 Å². The van der Waals surface area contributed by atoms with E-state index in [1.54, 1.807) is 73.9 Å². The van der Waals surface area contributed by atoms with Gasteiger partial charge in [-0.15, -0.1) is 0 Å². The average Bonchev–Trinajstić information content (AvgIpc) is 3.44. The second kappa shape index (κ2) is 16.1. The van der Waals surface area contributed by atoms with E-state index in [9.17, 15) is 24.9 Å². The summed E-state index contributed by atoms with van der Waals surface area (Å²) in [5.74, 6) is 0.262. The van der Waals surface area contributed by atoms with Crippen LogP contribution in [0.15, 0.2) is 71.3 Å². The van der Waals surface area contributed by atoms with Gasteiger partial charge in [-0.2, -0.15) is 10.5 Å². The monoisotopic (exact) mass is 697 g/mol. The number of ether oxygens (including phenoxy) is 2. The lowest BCUT2D eigenvalue weighted by atomic mass is 10.0. The number of urea groups is 1. The minimum Gasteiger partial charge on any atom is -0.496 e. The van der Waals surface area contributed by atoms with Gasteiger partial charge in [0.05, 0.1) is 41.9 Å². The summed E-state index contributed by atoms with van der Waals surface area (Å²) in [7, 11) is 3.19. The summed E-state index contributed by atoms with van der Waals surface area (Å²) < 4.78 is 13.2. The van der Waals surface area contributed by atoms with E-state index < -0.39 is 18.2 Å². The van der Waals surface area contributed by atoms with Crippen molar-refractivity contribution in [1.29, 1.82) is 10.5 Å². The lowest BCUT2D eigenvalue weighted by molar-refractivity contribution is -0.118. The molecule has 1 unspecified atom stereocenters. The molecule has 0 aliphatic rings. The molecule has 3 aromatic carbocycles. The van der Waals surface area contributed by atoms with Crippen molar-refractivity contribution in [3.63, 3.8) is 0 Å². The number of hydrogen-bond donors (Lipinski definition) is 4. The van der Waals surface area contributed by atoms with Gasteiger partial charge < -0.3 is 31.2 Å². The zero-order valence-electron chi connectivity index (χ0n) is 25.7. The van der Waals surface area contributed by atoms with Crippen LogP contribution >= 0.6 is 15.9 Å². The lowest BCUT2D eigenvalue weighted by Crippen LogP contribution is -2.39. The van der Waals surface area contributed by atoms with E-state index >= 15 is 0 Å². The molecule has 13 heteroatoms. The lowest BCUT2D eigenvalue weighted by Gasteiger charge is -2.16. The molecule has 1 heterocycles. The number of allylic oxidation sites excluding steroid dienone is 1. The van der Waals surface area contributed by atoms with Gasteiger partial charge in [-0.1, -0.05) is 28.1 Å². The second-order valence-electron chi connectivity index (χ2n) is 10.3. The van der Waals surface area contributed by atoms with Crippen molar-refractivity contribution < 1.29 is 23.9 Å². The molecule has 1 aromatic heterocycles. The topological polar surface area (TPSA) is 184 Å². The number of nitrogens with one attached hydrogen (secondary N) is 3. The predicted octanol–water partition coefficient (Wildman–Crippen LogP) is 5.51. The second-order valence-corrected chi connectivity index (χ2v) is 11.2. The fraction of sp³-hybridized carbons (Fsp3) is 0.206. The third-order valence-corrected chi connectivity index (χ3v) is 7.74. The van der Waals surface area contributed by atoms with Gasteiger partial charge in [0.25, 0.3) is 0 Å². The van der Waals surface area contributed by atoms with Crippen molar-refractivity contribution in [3.8, 4) is 17.9 Å². The Morgan fingerprint density at radius 1 is 1.09 bits per heavy atom. The van der Waals surface area contributed by atoms with Crippen LogP contribution in [0.1, 0.15) is 35.1 Å². The molecular formula is C34H32BrN7O5. The Morgan fingerprint density at radius 2 is 1.85 bits per heavy atom. The van der Waals surface area contributed by atoms with Gasteiger partial charge in [0.1, 0.15) is 12.4 Å². The Balaban J connectivity index is 1.49. The Morgan fingerprint density at radius 3 is 2.51 bits per heavy atom. The summed E-state index contributed by atoms with van der Waals surface area (Å²) >= 11 is 3.47. The summed E-state index contributed by atoms with van der Waals surface area (Å²) in [4.78, 5) is 36.8. The van der Waals surface area contributed by atoms with Gasteiger partial charge in [0.2, 0.25) is 5.91 Å². The van der Waals surface area contributed by atoms with Gasteiger partial charge in [-0.25, -0.2) is 9.59 Å². The first-order valence-electron chi connectivity index (χ1n) is 14.5. The smallest absolute Gasteiger partial charge is 0.418 e. The van der Waals surface area contributed by atoms with E-state index in [-0.39, 0.29) is 18.1 Å². The maximum atomic E-state index is 13.3. The molecule has 0 saturated heterocycles. The zero-order chi connectivity index (χ0) is 33.9. The zero-order valence-corrected chi connectivity index (χ0v) is 27.3. The van der Waals surface area contributed by atoms with Gasteiger partial charge in [-0.3, -0.25) is 9.36 Å². The largest absolute Gasteiger partial charge is 0.496 e. The molecule has 0 aliphatic heterocycles. The molecule has 0 spiro atoms. The number of rotatable bonds is 12. The van der Waals surface area contributed by atoms with Crippen LogP contribution in [-0.4, -0.2) is 49.3 Å². The number of carbonyl (C=O) groups is 3. The fourth-order valence-electron chi connectivity index (χ4n) is 4.86. The Kier molecular flexibility index (Phi) is 11.7. The molecule has 47 heavy (non-hydrogen) atoms. The number of carbonyl (C=O) groups excluding carboxylic acids is 3. The number of aromatic nitrogens is 1. The van der Waals surface area contributed by atoms with Crippen LogP contribution in [0.5, 0.6) is 5.75 Å². The van der Waals surface area contributed by atoms with E-state index in [2.05, 4.69) is 44.0 Å². The first kappa shape index (κ1) is 34.2. The van der Waals surface area contributed by atoms with Crippen molar-refractivity contribution in [1.82, 2.24) is 15.2 Å². The van der Waals surface area contributed by atoms with Crippen LogP contribution in [0, 0.1) is 22.7 Å². The summed E-state index contributed by atoms with van der Waals surface area (Å²) in [5, 5.41) is 28.5. The first-order chi connectivity index (χ1) is 22.7. The number of fused-ring (bicyclic) bond motifs is 1. The summed E-state index contributed by atoms with van der Waals surface area (Å²) in [6.07, 6.45) is 3.59. The number of nitrogens with zero attached hydrogens (tertiary/aromatic N) is 3. The van der Waals surface area contributed by atoms with Crippen molar-refractivity contribution in [2.45, 2.75) is 25.5 Å². The number of likely N-dealkylation sites (N-methyl/N-ethyl adjacent to an activating group) is 1. The minimum atomic E-state index is -0.648. The molecule has 0 saturated carbocycles. The Labute approximate surface area is 279 Å². The molecule has 0 fully saturated rings. The fourth-order valence-corrected chi connectivity index (χ4v) is 5.22. The molecule has 1 atom stereocenters. The highest BCUT2D eigenvalue weighted by Crippen LogP contribution is 2.33. The third kappa shape index (κ3) is 8.76. The molecule has 240 valence electrons. The minimum absolute atomic E-state index is 0.0380. The van der Waals surface area contributed by atoms with Crippen molar-refractivity contribution in [2.75, 3.05) is 26.0 Å². The van der Waals surface area contributed by atoms with E-state index in [1.807, 2.05) is 6.07 Å². The maximum absolute atomic E-state index is 13.3. The van der Waals surface area contributed by atoms with Crippen LogP contribution in [0.2, 0.25) is 0 Å². The van der Waals surface area contributed by atoms with E-state index in [4.69, 9.17) is 15.2 Å². The molecule has 5 N–H and O–H groups in total. The highest BCUT2D eigenvalue weighted by Gasteiger charge is 2.19. The van der Waals surface area contributed by atoms with Gasteiger partial charge >= 0.3 is 12.1 Å². The highest BCUT2D eigenvalue weighted by atomic mass is 79.9. The predicted molar refractivity (Wildman–Crippen MR) is 181 cm³/mol. The van der Waals surface area contributed by atoms with Gasteiger partial charge in [0.15, 0.2) is 0 Å². The Bertz CT molecular complexity index is 1900. The molecular weight excluding hydrogens is 666 g/mol. The van der Waals surface area contributed by atoms with Gasteiger partial charge in [0, 0.05) is 39.4 Å². The van der Waals surface area contributed by atoms with Crippen molar-refractivity contribution >= 4 is 62.2 Å². The number of methoxy groups -OCH3 is 1. The highest BCUT2D eigenvalue weighted by molar-refractivity contribution is 9.10. The number of nitriles is 2. The number of primary amides is 1. The maximum Gasteiger partial charge on any atom is 0.418 e. The van der Waals surface area contributed by atoms with E-state index in [0.717, 1.165) is 4.47 Å². The van der Waals surface area contributed by atoms with Crippen molar-refractivity contribution in [2.24, 2.45) is 5.73 Å². The molecule has 0 aliphatic carbocycles. The van der Waals surface area contributed by atoms with Crippen LogP contribution in [-0.2, 0) is 16.1 Å². The number of hydrogen-bond acceptors (Lipinski definition) is 8. The van der Waals surface area contributed by atoms with Crippen LogP contribution < -0.4 is 26.4 Å². The first-order valence-corrected chi connectivity index (χ1v) is 15.2. The third-order valence-electron chi connectivity index (χ3n) is 7.25. The van der Waals surface area contributed by atoms with Crippen LogP contribution in [0.25, 0.3) is 22.6 Å². The quantitative estimate of drug-likeness (QED) is 0.110. The molecule has 4 rings (SSSR count). The van der Waals surface area contributed by atoms with E-state index in [0.29, 0.717) is 64.0 Å². The van der Waals surface area contributed by atoms with Crippen LogP contribution in [0.3, 0.4) is 0 Å². The number of amides is 3. The molecule has 0 radical (unpaired) electrons. The molecule has 3 amide bonds. The number of halogens is 1. The molecule has 0 bridgehead atoms. The number of anilines is 1. The normalized spacial score (nSPS) is 11.6. The number of nitrogens with two attached hydrogens (primary N) is 1. The summed E-state index contributed by atoms with van der Waals surface area (Å²) in [6.45, 7) is 0.332. The summed E-state index contributed by atoms with van der Waals surface area (Å²) in [5.41, 5.74) is 8.57. The molecule has 4 aromatic rings. The van der Waals surface area contributed by atoms with Crippen molar-refractivity contribution in [3.05, 3.63) is 93.6 Å². The standard InChI is InChI=1S/C34H32BrN7O5/c1-39-29(4-3-13-40-33(38)44)32(43)41-26-9-5-21(6-10-26)20-47-34(45)42-19-28(27-16-25(35)8-11-30(27)42)24(18-37)15-23-14-22(17-36)7-12-31(23)46-2/h5-12,14-16,19,29,39H,3-4,13,20H2,1-2H3,(H,41,43)(H3,38,40,44)/b24-15+. The van der Waals surface area contributed by atoms with E-state index in [1.165, 1.54) is 11.7 Å². The number of benzene rings is 3. The SMILES string of the molecule is CNC(CCCNC(N)=O)C(=O)Nc1ccc(COC(=O)n2cc(/C(C#N)=C/c3cc(C#N)ccc3OC)c3cc(Br)ccc32)cc1. The summed E-state index contributed by atoms with van der Waals surface area (Å²) in [6, 6.07) is 20.4. The average molecular weight is 699 g/mol. The molecule has 12 nitrogen and oxygen atoms in total. The Hall–Kier alpha value is -5.63.